The second kappa shape index (κ2) is 9.08. The van der Waals surface area contributed by atoms with Crippen LogP contribution in [0.1, 0.15) is 55.3 Å². The van der Waals surface area contributed by atoms with Gasteiger partial charge in [0.25, 0.3) is 0 Å². The van der Waals surface area contributed by atoms with E-state index in [4.69, 9.17) is 19.2 Å². The van der Waals surface area contributed by atoms with Gasteiger partial charge in [-0.15, -0.1) is 0 Å². The first-order valence-electron chi connectivity index (χ1n) is 12.9. The van der Waals surface area contributed by atoms with Crippen molar-refractivity contribution in [2.45, 2.75) is 52.2 Å². The summed E-state index contributed by atoms with van der Waals surface area (Å²) in [6, 6.07) is 15.0. The molecule has 1 aliphatic rings. The molecule has 5 heterocycles. The second-order valence-electron chi connectivity index (χ2n) is 10.6. The molecule has 0 spiro atoms. The topological polar surface area (TPSA) is 86.2 Å². The Morgan fingerprint density at radius 2 is 1.65 bits per heavy atom. The van der Waals surface area contributed by atoms with E-state index in [-0.39, 0.29) is 6.04 Å². The van der Waals surface area contributed by atoms with Crippen LogP contribution < -0.4 is 0 Å². The summed E-state index contributed by atoms with van der Waals surface area (Å²) in [5.74, 6) is 1.15. The fourth-order valence-corrected chi connectivity index (χ4v) is 5.75. The summed E-state index contributed by atoms with van der Waals surface area (Å²) < 4.78 is 13.6. The number of benzene rings is 1. The fraction of sp³-hybridized carbons (Fsp3) is 0.367. The monoisotopic (exact) mass is 496 g/mol. The summed E-state index contributed by atoms with van der Waals surface area (Å²) in [6.07, 6.45) is 5.59. The Hall–Kier alpha value is -3.55. The highest BCUT2D eigenvalue weighted by Crippen LogP contribution is 2.41. The van der Waals surface area contributed by atoms with Crippen molar-refractivity contribution in [2.75, 3.05) is 13.2 Å². The first-order chi connectivity index (χ1) is 17.8. The van der Waals surface area contributed by atoms with Crippen LogP contribution in [-0.4, -0.2) is 38.0 Å². The van der Waals surface area contributed by atoms with Gasteiger partial charge >= 0.3 is 0 Å². The molecule has 1 aliphatic heterocycles. The molecule has 1 saturated heterocycles. The lowest BCUT2D eigenvalue weighted by atomic mass is 9.86. The van der Waals surface area contributed by atoms with Crippen LogP contribution in [0, 0.1) is 19.8 Å². The minimum atomic E-state index is -1.02. The Balaban J connectivity index is 1.69. The van der Waals surface area contributed by atoms with E-state index in [0.29, 0.717) is 5.92 Å². The molecule has 0 aliphatic carbocycles. The molecule has 0 saturated carbocycles. The van der Waals surface area contributed by atoms with Crippen LogP contribution in [0.25, 0.3) is 33.2 Å². The maximum atomic E-state index is 10.8. The third-order valence-electron chi connectivity index (χ3n) is 7.64. The molecule has 5 aromatic rings. The molecule has 1 atom stereocenters. The average Bonchev–Trinajstić information content (AvgIpc) is 3.40. The Kier molecular flexibility index (Phi) is 5.85. The molecule has 7 nitrogen and oxygen atoms in total. The van der Waals surface area contributed by atoms with Crippen LogP contribution in [0.2, 0.25) is 0 Å². The second-order valence-corrected chi connectivity index (χ2v) is 10.6. The maximum Gasteiger partial charge on any atom is 0.141 e. The molecule has 4 aromatic heterocycles. The van der Waals surface area contributed by atoms with Gasteiger partial charge in [-0.1, -0.05) is 35.5 Å². The van der Waals surface area contributed by atoms with Crippen LogP contribution >= 0.6 is 0 Å². The summed E-state index contributed by atoms with van der Waals surface area (Å²) in [5, 5.41) is 15.0. The summed E-state index contributed by atoms with van der Waals surface area (Å²) >= 11 is 0. The van der Waals surface area contributed by atoms with E-state index in [2.05, 4.69) is 52.2 Å². The third-order valence-corrected chi connectivity index (χ3v) is 7.64. The molecule has 190 valence electrons. The van der Waals surface area contributed by atoms with Crippen molar-refractivity contribution in [3.8, 4) is 11.1 Å². The van der Waals surface area contributed by atoms with E-state index in [9.17, 15) is 5.11 Å². The van der Waals surface area contributed by atoms with Gasteiger partial charge in [-0.25, -0.2) is 0 Å². The summed E-state index contributed by atoms with van der Waals surface area (Å²) in [4.78, 5) is 9.79. The molecule has 1 aromatic carbocycles. The fourth-order valence-electron chi connectivity index (χ4n) is 5.75. The van der Waals surface area contributed by atoms with Gasteiger partial charge in [0.2, 0.25) is 0 Å². The number of nitrogens with zero attached hydrogens (tertiary/aromatic N) is 4. The quantitative estimate of drug-likeness (QED) is 0.316. The summed E-state index contributed by atoms with van der Waals surface area (Å²) in [5.41, 5.74) is 7.44. The van der Waals surface area contributed by atoms with E-state index >= 15 is 0 Å². The number of hydrogen-bond acceptors (Lipinski definition) is 6. The van der Waals surface area contributed by atoms with Crippen molar-refractivity contribution in [2.24, 2.45) is 5.92 Å². The highest BCUT2D eigenvalue weighted by molar-refractivity contribution is 6.04. The molecule has 1 N–H and O–H groups in total. The van der Waals surface area contributed by atoms with Gasteiger partial charge in [-0.2, -0.15) is 0 Å². The van der Waals surface area contributed by atoms with Crippen molar-refractivity contribution in [1.82, 2.24) is 19.7 Å². The molecule has 37 heavy (non-hydrogen) atoms. The van der Waals surface area contributed by atoms with Crippen molar-refractivity contribution in [3.05, 3.63) is 77.4 Å². The zero-order valence-corrected chi connectivity index (χ0v) is 21.7. The highest BCUT2D eigenvalue weighted by atomic mass is 16.5. The third kappa shape index (κ3) is 4.12. The predicted octanol–water partition coefficient (Wildman–Crippen LogP) is 6.10. The van der Waals surface area contributed by atoms with Gasteiger partial charge in [0.05, 0.1) is 28.4 Å². The minimum absolute atomic E-state index is 0.0608. The van der Waals surface area contributed by atoms with E-state index in [1.54, 1.807) is 20.0 Å². The van der Waals surface area contributed by atoms with Crippen LogP contribution in [0.5, 0.6) is 0 Å². The standard InChI is InChI=1S/C30H32N4O3/c1-18-26(19(2)37-33-18)22-14-24-27(31-16-22)28-25(15-23(17-32-28)30(3,4)35)34(24)29(20-8-6-5-7-9-20)21-10-12-36-13-11-21/h5-9,14-17,21,29,35H,10-13H2,1-4H3. The summed E-state index contributed by atoms with van der Waals surface area (Å²) in [6.45, 7) is 8.98. The normalized spacial score (nSPS) is 16.0. The Morgan fingerprint density at radius 3 is 2.30 bits per heavy atom. The van der Waals surface area contributed by atoms with Crippen molar-refractivity contribution in [1.29, 1.82) is 0 Å². The number of pyridine rings is 2. The van der Waals surface area contributed by atoms with E-state index in [0.717, 1.165) is 76.3 Å². The largest absolute Gasteiger partial charge is 0.386 e. The van der Waals surface area contributed by atoms with Gasteiger partial charge in [0.1, 0.15) is 16.8 Å². The van der Waals surface area contributed by atoms with Gasteiger partial charge in [-0.05, 0) is 64.2 Å². The number of hydrogen-bond donors (Lipinski definition) is 1. The zero-order chi connectivity index (χ0) is 25.7. The number of ether oxygens (including phenoxy) is 1. The Bertz CT molecular complexity index is 1550. The first-order valence-corrected chi connectivity index (χ1v) is 12.9. The molecular weight excluding hydrogens is 464 g/mol. The van der Waals surface area contributed by atoms with Crippen LogP contribution in [0.4, 0.5) is 0 Å². The molecular formula is C30H32N4O3. The van der Waals surface area contributed by atoms with Gasteiger partial charge in [-0.3, -0.25) is 9.97 Å². The SMILES string of the molecule is Cc1noc(C)c1-c1cnc2c3ncc(C(C)(C)O)cc3n(C(c3ccccc3)C3CCOCC3)c2c1. The lowest BCUT2D eigenvalue weighted by Gasteiger charge is -2.33. The number of aliphatic hydroxyl groups is 1. The Morgan fingerprint density at radius 1 is 0.973 bits per heavy atom. The first kappa shape index (κ1) is 23.8. The lowest BCUT2D eigenvalue weighted by Crippen LogP contribution is -2.27. The van der Waals surface area contributed by atoms with Crippen molar-refractivity contribution >= 4 is 22.1 Å². The van der Waals surface area contributed by atoms with Crippen LogP contribution in [-0.2, 0) is 10.3 Å². The molecule has 1 fully saturated rings. The van der Waals surface area contributed by atoms with E-state index in [1.807, 2.05) is 20.0 Å². The Labute approximate surface area is 216 Å². The summed E-state index contributed by atoms with van der Waals surface area (Å²) in [7, 11) is 0. The van der Waals surface area contributed by atoms with Gasteiger partial charge in [0, 0.05) is 42.3 Å². The molecule has 0 radical (unpaired) electrons. The highest BCUT2D eigenvalue weighted by Gasteiger charge is 2.31. The van der Waals surface area contributed by atoms with Crippen molar-refractivity contribution < 1.29 is 14.4 Å². The van der Waals surface area contributed by atoms with E-state index < -0.39 is 5.60 Å². The number of fused-ring (bicyclic) bond motifs is 3. The number of aromatic nitrogens is 4. The van der Waals surface area contributed by atoms with Crippen LogP contribution in [0.3, 0.4) is 0 Å². The maximum absolute atomic E-state index is 10.8. The molecule has 1 unspecified atom stereocenters. The molecule has 7 heteroatoms. The molecule has 6 rings (SSSR count). The smallest absolute Gasteiger partial charge is 0.141 e. The number of rotatable bonds is 5. The van der Waals surface area contributed by atoms with Gasteiger partial charge < -0.3 is 18.9 Å². The zero-order valence-electron chi connectivity index (χ0n) is 21.7. The molecule has 0 bridgehead atoms. The van der Waals surface area contributed by atoms with Gasteiger partial charge in [0.15, 0.2) is 0 Å². The van der Waals surface area contributed by atoms with Crippen LogP contribution in [0.15, 0.2) is 59.4 Å². The molecule has 0 amide bonds. The lowest BCUT2D eigenvalue weighted by molar-refractivity contribution is 0.0552. The average molecular weight is 497 g/mol. The predicted molar refractivity (Wildman–Crippen MR) is 143 cm³/mol. The van der Waals surface area contributed by atoms with E-state index in [1.165, 1.54) is 5.56 Å². The van der Waals surface area contributed by atoms with Crippen molar-refractivity contribution in [3.63, 3.8) is 0 Å². The number of aryl methyl sites for hydroxylation is 2. The minimum Gasteiger partial charge on any atom is -0.386 e.